The zero-order chi connectivity index (χ0) is 15.7. The number of amides is 1. The smallest absolute Gasteiger partial charge is 0.290 e. The van der Waals surface area contributed by atoms with Crippen LogP contribution < -0.4 is 0 Å². The molecule has 0 spiro atoms. The van der Waals surface area contributed by atoms with E-state index >= 15 is 0 Å². The second kappa shape index (κ2) is 5.67. The molecule has 0 aliphatic carbocycles. The molecule has 1 fully saturated rings. The third-order valence-corrected chi connectivity index (χ3v) is 3.86. The topological polar surface area (TPSA) is 50.3 Å². The fourth-order valence-electron chi connectivity index (χ4n) is 2.59. The Hall–Kier alpha value is -2.56. The van der Waals surface area contributed by atoms with E-state index in [0.29, 0.717) is 18.7 Å². The molecule has 2 aromatic rings. The van der Waals surface area contributed by atoms with Crippen molar-refractivity contribution < 1.29 is 14.0 Å². The lowest BCUT2D eigenvalue weighted by Crippen LogP contribution is -2.22. The maximum Gasteiger partial charge on any atom is 0.290 e. The number of halogens is 1. The minimum atomic E-state index is -0.475. The summed E-state index contributed by atoms with van der Waals surface area (Å²) in [4.78, 5) is 29.1. The Morgan fingerprint density at radius 1 is 1.14 bits per heavy atom. The maximum atomic E-state index is 12.9. The molecule has 112 valence electrons. The van der Waals surface area contributed by atoms with E-state index in [1.54, 1.807) is 31.4 Å². The van der Waals surface area contributed by atoms with Gasteiger partial charge in [0.25, 0.3) is 5.91 Å². The Bertz CT molecular complexity index is 710. The lowest BCUT2D eigenvalue weighted by atomic mass is 10.0. The van der Waals surface area contributed by atoms with Crippen molar-refractivity contribution in [3.8, 4) is 0 Å². The number of ketones is 1. The van der Waals surface area contributed by atoms with E-state index in [4.69, 9.17) is 0 Å². The van der Waals surface area contributed by atoms with Gasteiger partial charge in [-0.3, -0.25) is 14.6 Å². The fourth-order valence-corrected chi connectivity index (χ4v) is 2.59. The Labute approximate surface area is 127 Å². The molecule has 1 aromatic carbocycles. The van der Waals surface area contributed by atoms with Gasteiger partial charge in [-0.15, -0.1) is 0 Å². The minimum Gasteiger partial charge on any atom is -0.338 e. The number of Topliss-reactive ketones (excluding diaryl/α,β-unsaturated/α-hetero) is 1. The summed E-state index contributed by atoms with van der Waals surface area (Å²) in [6.45, 7) is 0.377. The number of carbonyl (C=O) groups is 2. The van der Waals surface area contributed by atoms with Crippen molar-refractivity contribution in [2.24, 2.45) is 0 Å². The van der Waals surface area contributed by atoms with Crippen LogP contribution in [-0.4, -0.2) is 35.2 Å². The summed E-state index contributed by atoms with van der Waals surface area (Å²) >= 11 is 0. The van der Waals surface area contributed by atoms with Gasteiger partial charge in [0.1, 0.15) is 5.82 Å². The number of likely N-dealkylation sites (tertiary alicyclic amines) is 1. The Morgan fingerprint density at radius 2 is 1.82 bits per heavy atom. The van der Waals surface area contributed by atoms with E-state index in [1.807, 2.05) is 6.07 Å². The van der Waals surface area contributed by atoms with Crippen molar-refractivity contribution in [2.45, 2.75) is 12.3 Å². The molecule has 0 radical (unpaired) electrons. The van der Waals surface area contributed by atoms with Crippen LogP contribution in [0.3, 0.4) is 0 Å². The predicted octanol–water partition coefficient (Wildman–Crippen LogP) is 1.94. The summed E-state index contributed by atoms with van der Waals surface area (Å²) in [7, 11) is 1.61. The number of nitrogens with zero attached hydrogens (tertiary/aromatic N) is 2. The third kappa shape index (κ3) is 2.74. The van der Waals surface area contributed by atoms with E-state index in [2.05, 4.69) is 4.98 Å². The summed E-state index contributed by atoms with van der Waals surface area (Å²) < 4.78 is 12.9. The normalized spacial score (nSPS) is 18.1. The average molecular weight is 298 g/mol. The van der Waals surface area contributed by atoms with E-state index in [9.17, 15) is 14.0 Å². The van der Waals surface area contributed by atoms with Crippen LogP contribution in [0, 0.1) is 5.82 Å². The van der Waals surface area contributed by atoms with E-state index in [0.717, 1.165) is 11.1 Å². The second-order valence-corrected chi connectivity index (χ2v) is 5.50. The van der Waals surface area contributed by atoms with Crippen molar-refractivity contribution in [3.63, 3.8) is 0 Å². The lowest BCUT2D eigenvalue weighted by molar-refractivity contribution is -0.139. The number of rotatable bonds is 3. The summed E-state index contributed by atoms with van der Waals surface area (Å²) in [6.07, 6.45) is 2.35. The van der Waals surface area contributed by atoms with E-state index < -0.39 is 17.6 Å². The Morgan fingerprint density at radius 3 is 2.36 bits per heavy atom. The monoisotopic (exact) mass is 298 g/mol. The van der Waals surface area contributed by atoms with Gasteiger partial charge in [-0.1, -0.05) is 18.2 Å². The molecule has 5 heteroatoms. The molecule has 3 rings (SSSR count). The molecule has 0 bridgehead atoms. The van der Waals surface area contributed by atoms with Crippen LogP contribution in [0.2, 0.25) is 0 Å². The molecular formula is C17H15FN2O2. The highest BCUT2D eigenvalue weighted by atomic mass is 19.1. The minimum absolute atomic E-state index is 0.259. The van der Waals surface area contributed by atoms with Crippen molar-refractivity contribution in [3.05, 3.63) is 65.2 Å². The summed E-state index contributed by atoms with van der Waals surface area (Å²) in [5.74, 6) is -1.59. The van der Waals surface area contributed by atoms with Gasteiger partial charge in [-0.05, 0) is 35.7 Å². The molecule has 1 atom stereocenters. The van der Waals surface area contributed by atoms with Gasteiger partial charge in [0, 0.05) is 19.8 Å². The maximum absolute atomic E-state index is 12.9. The number of pyridine rings is 1. The summed E-state index contributed by atoms with van der Waals surface area (Å²) in [5.41, 5.74) is 2.58. The lowest BCUT2D eigenvalue weighted by Gasteiger charge is -2.09. The molecule has 0 N–H and O–H groups in total. The highest BCUT2D eigenvalue weighted by Gasteiger charge is 2.38. The van der Waals surface area contributed by atoms with E-state index in [-0.39, 0.29) is 5.82 Å². The van der Waals surface area contributed by atoms with Gasteiger partial charge < -0.3 is 4.90 Å². The predicted molar refractivity (Wildman–Crippen MR) is 78.8 cm³/mol. The molecule has 1 aliphatic heterocycles. The molecule has 1 amide bonds. The second-order valence-electron chi connectivity index (χ2n) is 5.50. The molecule has 1 aromatic heterocycles. The average Bonchev–Trinajstić information content (AvgIpc) is 2.78. The largest absolute Gasteiger partial charge is 0.338 e. The van der Waals surface area contributed by atoms with Gasteiger partial charge in [0.05, 0.1) is 11.6 Å². The first-order valence-corrected chi connectivity index (χ1v) is 7.03. The first-order chi connectivity index (χ1) is 10.5. The summed E-state index contributed by atoms with van der Waals surface area (Å²) in [6, 6.07) is 10.00. The molecule has 1 aliphatic rings. The highest BCUT2D eigenvalue weighted by Crippen LogP contribution is 2.23. The van der Waals surface area contributed by atoms with Crippen molar-refractivity contribution >= 4 is 11.7 Å². The number of benzene rings is 1. The SMILES string of the molecule is CN1CC(c2ccc(Cc3ccc(F)cc3)cn2)C(=O)C1=O. The number of aromatic nitrogens is 1. The van der Waals surface area contributed by atoms with Crippen LogP contribution in [0.5, 0.6) is 0 Å². The molecule has 1 unspecified atom stereocenters. The zero-order valence-electron chi connectivity index (χ0n) is 12.1. The van der Waals surface area contributed by atoms with Crippen LogP contribution in [0.15, 0.2) is 42.6 Å². The summed E-state index contributed by atoms with van der Waals surface area (Å²) in [5, 5.41) is 0. The van der Waals surface area contributed by atoms with Crippen LogP contribution in [0.25, 0.3) is 0 Å². The first-order valence-electron chi connectivity index (χ1n) is 7.03. The molecule has 4 nitrogen and oxygen atoms in total. The fraction of sp³-hybridized carbons (Fsp3) is 0.235. The van der Waals surface area contributed by atoms with Gasteiger partial charge in [0.2, 0.25) is 5.78 Å². The number of carbonyl (C=O) groups excluding carboxylic acids is 2. The Balaban J connectivity index is 1.74. The van der Waals surface area contributed by atoms with Gasteiger partial charge in [-0.25, -0.2) is 4.39 Å². The highest BCUT2D eigenvalue weighted by molar-refractivity contribution is 6.40. The molecule has 22 heavy (non-hydrogen) atoms. The van der Waals surface area contributed by atoms with Gasteiger partial charge in [-0.2, -0.15) is 0 Å². The third-order valence-electron chi connectivity index (χ3n) is 3.86. The van der Waals surface area contributed by atoms with Crippen LogP contribution in [0.4, 0.5) is 4.39 Å². The van der Waals surface area contributed by atoms with Crippen LogP contribution >= 0.6 is 0 Å². The standard InChI is InChI=1S/C17H15FN2O2/c1-20-10-14(16(21)17(20)22)15-7-4-12(9-19-15)8-11-2-5-13(18)6-3-11/h2-7,9,14H,8,10H2,1H3. The van der Waals surface area contributed by atoms with Crippen molar-refractivity contribution in [2.75, 3.05) is 13.6 Å². The number of hydrogen-bond acceptors (Lipinski definition) is 3. The quantitative estimate of drug-likeness (QED) is 0.814. The van der Waals surface area contributed by atoms with Crippen molar-refractivity contribution in [1.82, 2.24) is 9.88 Å². The van der Waals surface area contributed by atoms with Crippen LogP contribution in [0.1, 0.15) is 22.7 Å². The molecule has 1 saturated heterocycles. The van der Waals surface area contributed by atoms with Crippen molar-refractivity contribution in [1.29, 1.82) is 0 Å². The molecular weight excluding hydrogens is 283 g/mol. The van der Waals surface area contributed by atoms with Crippen LogP contribution in [-0.2, 0) is 16.0 Å². The Kier molecular flexibility index (Phi) is 3.71. The zero-order valence-corrected chi connectivity index (χ0v) is 12.1. The first kappa shape index (κ1) is 14.4. The van der Waals surface area contributed by atoms with Gasteiger partial charge >= 0.3 is 0 Å². The molecule has 2 heterocycles. The van der Waals surface area contributed by atoms with E-state index in [1.165, 1.54) is 17.0 Å². The number of hydrogen-bond donors (Lipinski definition) is 0. The molecule has 0 saturated carbocycles. The number of likely N-dealkylation sites (N-methyl/N-ethyl adjacent to an activating group) is 1. The van der Waals surface area contributed by atoms with Gasteiger partial charge in [0.15, 0.2) is 0 Å².